The summed E-state index contributed by atoms with van der Waals surface area (Å²) in [6.07, 6.45) is 0. The van der Waals surface area contributed by atoms with Crippen LogP contribution in [-0.4, -0.2) is 37.2 Å². The minimum atomic E-state index is -0.523. The van der Waals surface area contributed by atoms with Crippen LogP contribution in [0.3, 0.4) is 0 Å². The molecule has 0 fully saturated rings. The minimum absolute atomic E-state index is 0.0480. The number of phenols is 1. The van der Waals surface area contributed by atoms with Crippen LogP contribution >= 0.6 is 34.8 Å². The number of carbonyl (C=O) groups excluding carboxylic acids is 1. The van der Waals surface area contributed by atoms with Crippen LogP contribution < -0.4 is 9.47 Å². The van der Waals surface area contributed by atoms with E-state index in [1.54, 1.807) is 32.4 Å². The zero-order chi connectivity index (χ0) is 18.7. The molecule has 0 saturated heterocycles. The molecule has 25 heavy (non-hydrogen) atoms. The Morgan fingerprint density at radius 2 is 1.80 bits per heavy atom. The Bertz CT molecular complexity index is 785. The van der Waals surface area contributed by atoms with Crippen molar-refractivity contribution in [2.75, 3.05) is 21.3 Å². The third-order valence-corrected chi connectivity index (χ3v) is 4.68. The van der Waals surface area contributed by atoms with Gasteiger partial charge in [-0.15, -0.1) is 0 Å². The number of hydrogen-bond donors (Lipinski definition) is 1. The van der Waals surface area contributed by atoms with Gasteiger partial charge in [-0.1, -0.05) is 34.8 Å². The van der Waals surface area contributed by atoms with Gasteiger partial charge < -0.3 is 19.5 Å². The van der Waals surface area contributed by atoms with Crippen molar-refractivity contribution in [1.82, 2.24) is 4.90 Å². The van der Waals surface area contributed by atoms with E-state index in [1.165, 1.54) is 18.1 Å². The van der Waals surface area contributed by atoms with Crippen molar-refractivity contribution in [3.63, 3.8) is 0 Å². The summed E-state index contributed by atoms with van der Waals surface area (Å²) in [6.45, 7) is 0.214. The van der Waals surface area contributed by atoms with Crippen molar-refractivity contribution in [3.8, 4) is 17.2 Å². The van der Waals surface area contributed by atoms with Gasteiger partial charge in [0.05, 0.1) is 29.3 Å². The van der Waals surface area contributed by atoms with E-state index in [-0.39, 0.29) is 27.2 Å². The van der Waals surface area contributed by atoms with Crippen molar-refractivity contribution >= 4 is 40.7 Å². The number of methoxy groups -OCH3 is 2. The van der Waals surface area contributed by atoms with Crippen molar-refractivity contribution < 1.29 is 19.4 Å². The molecular weight excluding hydrogens is 389 g/mol. The molecule has 2 aromatic rings. The standard InChI is InChI=1S/C17H16Cl3NO4/c1-21(8-9-4-5-10(24-2)6-13(9)25-3)17(23)14-15(20)11(18)7-12(19)16(14)22/h4-7,22H,8H2,1-3H3. The maximum atomic E-state index is 12.7. The lowest BCUT2D eigenvalue weighted by atomic mass is 10.1. The summed E-state index contributed by atoms with van der Waals surface area (Å²) in [5.41, 5.74) is 0.608. The fourth-order valence-corrected chi connectivity index (χ4v) is 2.97. The predicted octanol–water partition coefficient (Wildman–Crippen LogP) is 4.64. The number of carbonyl (C=O) groups is 1. The fourth-order valence-electron chi connectivity index (χ4n) is 2.28. The smallest absolute Gasteiger partial charge is 0.259 e. The number of phenolic OH excluding ortho intramolecular Hbond substituents is 1. The summed E-state index contributed by atoms with van der Waals surface area (Å²) in [6, 6.07) is 6.54. The largest absolute Gasteiger partial charge is 0.505 e. The minimum Gasteiger partial charge on any atom is -0.505 e. The molecule has 0 aromatic heterocycles. The van der Waals surface area contributed by atoms with E-state index in [0.717, 1.165) is 5.56 Å². The van der Waals surface area contributed by atoms with Gasteiger partial charge in [0.15, 0.2) is 0 Å². The van der Waals surface area contributed by atoms with Gasteiger partial charge in [-0.2, -0.15) is 0 Å². The zero-order valence-electron chi connectivity index (χ0n) is 13.8. The molecule has 5 nitrogen and oxygen atoms in total. The molecule has 0 unspecified atom stereocenters. The monoisotopic (exact) mass is 403 g/mol. The fraction of sp³-hybridized carbons (Fsp3) is 0.235. The third-order valence-electron chi connectivity index (χ3n) is 3.61. The molecule has 2 rings (SSSR count). The molecule has 0 aliphatic carbocycles. The molecule has 0 saturated carbocycles. The molecule has 0 aliphatic rings. The molecule has 0 heterocycles. The van der Waals surface area contributed by atoms with E-state index in [9.17, 15) is 9.90 Å². The van der Waals surface area contributed by atoms with Gasteiger partial charge >= 0.3 is 0 Å². The first-order valence-electron chi connectivity index (χ1n) is 7.13. The van der Waals surface area contributed by atoms with Gasteiger partial charge in [0.1, 0.15) is 22.8 Å². The molecular formula is C17H16Cl3NO4. The summed E-state index contributed by atoms with van der Waals surface area (Å²) in [7, 11) is 4.65. The number of hydrogen-bond acceptors (Lipinski definition) is 4. The highest BCUT2D eigenvalue weighted by molar-refractivity contribution is 6.45. The summed E-state index contributed by atoms with van der Waals surface area (Å²) in [5.74, 6) is 0.273. The third kappa shape index (κ3) is 4.06. The summed E-state index contributed by atoms with van der Waals surface area (Å²) >= 11 is 17.9. The Morgan fingerprint density at radius 3 is 2.40 bits per heavy atom. The zero-order valence-corrected chi connectivity index (χ0v) is 16.0. The SMILES string of the molecule is COc1ccc(CN(C)C(=O)c2c(O)c(Cl)cc(Cl)c2Cl)c(OC)c1. The van der Waals surface area contributed by atoms with Gasteiger partial charge in [0, 0.05) is 25.2 Å². The summed E-state index contributed by atoms with van der Waals surface area (Å²) in [5, 5.41) is 10.1. The van der Waals surface area contributed by atoms with Crippen LogP contribution in [-0.2, 0) is 6.54 Å². The maximum Gasteiger partial charge on any atom is 0.259 e. The Morgan fingerprint density at radius 1 is 1.12 bits per heavy atom. The lowest BCUT2D eigenvalue weighted by Crippen LogP contribution is -2.27. The number of aromatic hydroxyl groups is 1. The number of rotatable bonds is 5. The van der Waals surface area contributed by atoms with E-state index in [4.69, 9.17) is 44.3 Å². The second-order valence-electron chi connectivity index (χ2n) is 5.22. The van der Waals surface area contributed by atoms with Crippen LogP contribution in [0.1, 0.15) is 15.9 Å². The van der Waals surface area contributed by atoms with Crippen LogP contribution in [0.4, 0.5) is 0 Å². The highest BCUT2D eigenvalue weighted by Gasteiger charge is 2.24. The van der Waals surface area contributed by atoms with E-state index < -0.39 is 11.7 Å². The Balaban J connectivity index is 2.34. The Hall–Kier alpha value is -1.82. The van der Waals surface area contributed by atoms with Crippen molar-refractivity contribution in [1.29, 1.82) is 0 Å². The highest BCUT2D eigenvalue weighted by Crippen LogP contribution is 2.39. The van der Waals surface area contributed by atoms with Crippen molar-refractivity contribution in [3.05, 3.63) is 50.5 Å². The van der Waals surface area contributed by atoms with Gasteiger partial charge in [-0.25, -0.2) is 0 Å². The molecule has 1 amide bonds. The number of benzene rings is 2. The van der Waals surface area contributed by atoms with Crippen LogP contribution in [0.5, 0.6) is 17.2 Å². The molecule has 0 atom stereocenters. The Labute approximate surface area is 160 Å². The van der Waals surface area contributed by atoms with Crippen molar-refractivity contribution in [2.45, 2.75) is 6.54 Å². The van der Waals surface area contributed by atoms with Gasteiger partial charge in [-0.3, -0.25) is 4.79 Å². The molecule has 0 radical (unpaired) electrons. The molecule has 1 N–H and O–H groups in total. The number of halogens is 3. The second-order valence-corrected chi connectivity index (χ2v) is 6.41. The van der Waals surface area contributed by atoms with Crippen LogP contribution in [0.25, 0.3) is 0 Å². The van der Waals surface area contributed by atoms with Gasteiger partial charge in [-0.05, 0) is 18.2 Å². The lowest BCUT2D eigenvalue weighted by molar-refractivity contribution is 0.0781. The van der Waals surface area contributed by atoms with Crippen LogP contribution in [0.2, 0.25) is 15.1 Å². The average Bonchev–Trinajstić information content (AvgIpc) is 2.60. The number of nitrogens with zero attached hydrogens (tertiary/aromatic N) is 1. The van der Waals surface area contributed by atoms with E-state index in [0.29, 0.717) is 11.5 Å². The summed E-state index contributed by atoms with van der Waals surface area (Å²) in [4.78, 5) is 14.1. The molecule has 0 aliphatic heterocycles. The first-order chi connectivity index (χ1) is 11.8. The molecule has 0 bridgehead atoms. The quantitative estimate of drug-likeness (QED) is 0.737. The van der Waals surface area contributed by atoms with E-state index in [2.05, 4.69) is 0 Å². The molecule has 0 spiro atoms. The second kappa shape index (κ2) is 8.04. The highest BCUT2D eigenvalue weighted by atomic mass is 35.5. The predicted molar refractivity (Wildman–Crippen MR) is 98.5 cm³/mol. The first kappa shape index (κ1) is 19.5. The topological polar surface area (TPSA) is 59.0 Å². The summed E-state index contributed by atoms with van der Waals surface area (Å²) < 4.78 is 10.5. The van der Waals surface area contributed by atoms with Crippen molar-refractivity contribution in [2.24, 2.45) is 0 Å². The maximum absolute atomic E-state index is 12.7. The van der Waals surface area contributed by atoms with Crippen LogP contribution in [0.15, 0.2) is 24.3 Å². The number of amides is 1. The molecule has 8 heteroatoms. The average molecular weight is 405 g/mol. The van der Waals surface area contributed by atoms with Gasteiger partial charge in [0.25, 0.3) is 5.91 Å². The molecule has 2 aromatic carbocycles. The van der Waals surface area contributed by atoms with Crippen LogP contribution in [0, 0.1) is 0 Å². The lowest BCUT2D eigenvalue weighted by Gasteiger charge is -2.21. The van der Waals surface area contributed by atoms with E-state index in [1.807, 2.05) is 0 Å². The number of ether oxygens (including phenoxy) is 2. The van der Waals surface area contributed by atoms with E-state index >= 15 is 0 Å². The first-order valence-corrected chi connectivity index (χ1v) is 8.26. The van der Waals surface area contributed by atoms with Gasteiger partial charge in [0.2, 0.25) is 0 Å². The Kier molecular flexibility index (Phi) is 6.27. The molecule has 134 valence electrons. The normalized spacial score (nSPS) is 10.5.